The van der Waals surface area contributed by atoms with Crippen LogP contribution in [0.5, 0.6) is 0 Å². The van der Waals surface area contributed by atoms with Crippen LogP contribution in [0, 0.1) is 24.5 Å². The number of carbonyl (C=O) groups is 1. The molecule has 1 saturated heterocycles. The number of H-pyrrole nitrogens is 1. The van der Waals surface area contributed by atoms with Gasteiger partial charge in [0.1, 0.15) is 17.5 Å². The number of aromatic amines is 1. The standard InChI is InChI=1S/C31H31F2N5O2/c1-17-5-8-19(30(39)35-15-18-6-7-18)13-21(17)22-14-26(37-20-9-11-34-12-10-20)38-29-23(22)16-36-31(40)28(29)27-24(32)3-2-4-25(27)33/h2-5,8,13-14,16,18,20,34H,6-7,9-12,15H2,1H3,(H,35,39)(H,36,40)(H,37,38). The maximum atomic E-state index is 15.0. The maximum absolute atomic E-state index is 15.0. The van der Waals surface area contributed by atoms with E-state index >= 15 is 0 Å². The van der Waals surface area contributed by atoms with E-state index in [9.17, 15) is 18.4 Å². The highest BCUT2D eigenvalue weighted by atomic mass is 19.1. The van der Waals surface area contributed by atoms with Crippen LogP contribution in [0.25, 0.3) is 33.2 Å². The van der Waals surface area contributed by atoms with Gasteiger partial charge in [-0.25, -0.2) is 13.8 Å². The van der Waals surface area contributed by atoms with Crippen molar-refractivity contribution in [3.8, 4) is 22.3 Å². The highest BCUT2D eigenvalue weighted by Gasteiger charge is 2.24. The van der Waals surface area contributed by atoms with Crippen LogP contribution in [0.15, 0.2) is 53.5 Å². The zero-order valence-corrected chi connectivity index (χ0v) is 22.2. The first kappa shape index (κ1) is 26.1. The summed E-state index contributed by atoms with van der Waals surface area (Å²) in [6.45, 7) is 4.32. The molecule has 2 aromatic heterocycles. The van der Waals surface area contributed by atoms with Crippen LogP contribution in [-0.2, 0) is 0 Å². The third-order valence-electron chi connectivity index (χ3n) is 7.81. The molecule has 1 saturated carbocycles. The molecule has 0 atom stereocenters. The van der Waals surface area contributed by atoms with Crippen LogP contribution in [0.2, 0.25) is 0 Å². The van der Waals surface area contributed by atoms with Gasteiger partial charge in [0.15, 0.2) is 0 Å². The lowest BCUT2D eigenvalue weighted by Gasteiger charge is -2.25. The normalized spacial score (nSPS) is 15.8. The third-order valence-corrected chi connectivity index (χ3v) is 7.81. The average molecular weight is 544 g/mol. The van der Waals surface area contributed by atoms with Crippen molar-refractivity contribution in [3.05, 3.63) is 81.8 Å². The Morgan fingerprint density at radius 1 is 1.00 bits per heavy atom. The van der Waals surface area contributed by atoms with Gasteiger partial charge in [0.05, 0.1) is 16.6 Å². The molecule has 6 rings (SSSR count). The Kier molecular flexibility index (Phi) is 7.06. The minimum absolute atomic E-state index is 0.148. The lowest BCUT2D eigenvalue weighted by molar-refractivity contribution is 0.0952. The predicted molar refractivity (Wildman–Crippen MR) is 152 cm³/mol. The van der Waals surface area contributed by atoms with Crippen molar-refractivity contribution in [1.29, 1.82) is 0 Å². The lowest BCUT2D eigenvalue weighted by atomic mass is 9.93. The number of carbonyl (C=O) groups excluding carboxylic acids is 1. The van der Waals surface area contributed by atoms with E-state index in [0.29, 0.717) is 34.8 Å². The molecule has 4 aromatic rings. The molecule has 0 radical (unpaired) electrons. The van der Waals surface area contributed by atoms with Gasteiger partial charge in [0.25, 0.3) is 11.5 Å². The van der Waals surface area contributed by atoms with E-state index in [-0.39, 0.29) is 23.0 Å². The van der Waals surface area contributed by atoms with Gasteiger partial charge in [0, 0.05) is 29.7 Å². The van der Waals surface area contributed by atoms with Crippen molar-refractivity contribution in [1.82, 2.24) is 20.6 Å². The van der Waals surface area contributed by atoms with Gasteiger partial charge in [-0.15, -0.1) is 0 Å². The molecule has 4 N–H and O–H groups in total. The topological polar surface area (TPSA) is 98.9 Å². The number of piperidine rings is 1. The van der Waals surface area contributed by atoms with Crippen LogP contribution in [-0.4, -0.2) is 41.6 Å². The van der Waals surface area contributed by atoms with Crippen LogP contribution in [0.3, 0.4) is 0 Å². The second kappa shape index (κ2) is 10.8. The summed E-state index contributed by atoms with van der Waals surface area (Å²) in [6, 6.07) is 11.1. The number of halogens is 2. The molecule has 2 aromatic carbocycles. The van der Waals surface area contributed by atoms with E-state index in [4.69, 9.17) is 4.98 Å². The number of pyridine rings is 2. The highest BCUT2D eigenvalue weighted by molar-refractivity contribution is 6.04. The van der Waals surface area contributed by atoms with Crippen LogP contribution < -0.4 is 21.5 Å². The van der Waals surface area contributed by atoms with E-state index in [0.717, 1.165) is 62.0 Å². The molecule has 206 valence electrons. The zero-order valence-electron chi connectivity index (χ0n) is 22.2. The molecule has 9 heteroatoms. The molecule has 0 bridgehead atoms. The Bertz CT molecular complexity index is 1640. The Labute approximate surface area is 230 Å². The van der Waals surface area contributed by atoms with Crippen LogP contribution in [0.1, 0.15) is 41.6 Å². The van der Waals surface area contributed by atoms with Gasteiger partial charge in [-0.2, -0.15) is 0 Å². The molecule has 0 unspecified atom stereocenters. The Morgan fingerprint density at radius 3 is 2.48 bits per heavy atom. The number of anilines is 1. The first-order valence-corrected chi connectivity index (χ1v) is 13.8. The van der Waals surface area contributed by atoms with Crippen molar-refractivity contribution in [2.75, 3.05) is 25.0 Å². The fourth-order valence-corrected chi connectivity index (χ4v) is 5.36. The van der Waals surface area contributed by atoms with Crippen molar-refractivity contribution in [3.63, 3.8) is 0 Å². The molecule has 3 heterocycles. The first-order chi connectivity index (χ1) is 19.4. The van der Waals surface area contributed by atoms with E-state index in [2.05, 4.69) is 20.9 Å². The molecule has 0 spiro atoms. The van der Waals surface area contributed by atoms with Gasteiger partial charge in [-0.3, -0.25) is 9.59 Å². The largest absolute Gasteiger partial charge is 0.367 e. The van der Waals surface area contributed by atoms with Gasteiger partial charge in [-0.05, 0) is 98.6 Å². The Balaban J connectivity index is 1.54. The summed E-state index contributed by atoms with van der Waals surface area (Å²) in [5.74, 6) is -0.786. The monoisotopic (exact) mass is 543 g/mol. The number of aromatic nitrogens is 2. The number of aryl methyl sites for hydroxylation is 1. The molecule has 7 nitrogen and oxygen atoms in total. The van der Waals surface area contributed by atoms with Crippen molar-refractivity contribution >= 4 is 22.6 Å². The Morgan fingerprint density at radius 2 is 1.75 bits per heavy atom. The number of amides is 1. The predicted octanol–water partition coefficient (Wildman–Crippen LogP) is 5.15. The number of hydrogen-bond acceptors (Lipinski definition) is 5. The molecule has 1 amide bonds. The number of rotatable bonds is 7. The molecule has 1 aliphatic carbocycles. The average Bonchev–Trinajstić information content (AvgIpc) is 3.78. The molecule has 2 aliphatic rings. The maximum Gasteiger partial charge on any atom is 0.258 e. The van der Waals surface area contributed by atoms with Gasteiger partial charge < -0.3 is 20.9 Å². The molecule has 40 heavy (non-hydrogen) atoms. The van der Waals surface area contributed by atoms with E-state index in [1.54, 1.807) is 6.07 Å². The zero-order chi connectivity index (χ0) is 27.8. The summed E-state index contributed by atoms with van der Waals surface area (Å²) < 4.78 is 30.0. The number of nitrogens with zero attached hydrogens (tertiary/aromatic N) is 1. The molecular weight excluding hydrogens is 512 g/mol. The second-order valence-electron chi connectivity index (χ2n) is 10.8. The summed E-state index contributed by atoms with van der Waals surface area (Å²) in [5.41, 5.74) is 1.85. The van der Waals surface area contributed by atoms with E-state index < -0.39 is 22.8 Å². The fraction of sp³-hybridized carbons (Fsp3) is 0.323. The van der Waals surface area contributed by atoms with E-state index in [1.165, 1.54) is 12.3 Å². The van der Waals surface area contributed by atoms with Crippen LogP contribution in [0.4, 0.5) is 14.6 Å². The number of fused-ring (bicyclic) bond motifs is 1. The molecule has 2 fully saturated rings. The Hall–Kier alpha value is -4.11. The summed E-state index contributed by atoms with van der Waals surface area (Å²) in [7, 11) is 0. The smallest absolute Gasteiger partial charge is 0.258 e. The molecular formula is C31H31F2N5O2. The summed E-state index contributed by atoms with van der Waals surface area (Å²) >= 11 is 0. The summed E-state index contributed by atoms with van der Waals surface area (Å²) in [5, 5.41) is 10.3. The summed E-state index contributed by atoms with van der Waals surface area (Å²) in [6.07, 6.45) is 5.57. The molecule has 1 aliphatic heterocycles. The summed E-state index contributed by atoms with van der Waals surface area (Å²) in [4.78, 5) is 33.5. The van der Waals surface area contributed by atoms with Crippen molar-refractivity contribution < 1.29 is 13.6 Å². The lowest BCUT2D eigenvalue weighted by Crippen LogP contribution is -2.35. The number of benzene rings is 2. The quantitative estimate of drug-likeness (QED) is 0.259. The number of nitrogens with one attached hydrogen (secondary N) is 4. The van der Waals surface area contributed by atoms with Gasteiger partial charge in [0.2, 0.25) is 0 Å². The first-order valence-electron chi connectivity index (χ1n) is 13.8. The fourth-order valence-electron chi connectivity index (χ4n) is 5.36. The van der Waals surface area contributed by atoms with Crippen molar-refractivity contribution in [2.45, 2.75) is 38.6 Å². The number of hydrogen-bond donors (Lipinski definition) is 4. The van der Waals surface area contributed by atoms with Gasteiger partial charge in [-0.1, -0.05) is 12.1 Å². The van der Waals surface area contributed by atoms with Gasteiger partial charge >= 0.3 is 0 Å². The minimum atomic E-state index is -0.844. The van der Waals surface area contributed by atoms with Crippen LogP contribution >= 0.6 is 0 Å². The van der Waals surface area contributed by atoms with E-state index in [1.807, 2.05) is 25.1 Å². The third kappa shape index (κ3) is 5.21. The highest BCUT2D eigenvalue weighted by Crippen LogP contribution is 2.37. The van der Waals surface area contributed by atoms with Crippen molar-refractivity contribution in [2.24, 2.45) is 5.92 Å². The second-order valence-corrected chi connectivity index (χ2v) is 10.8. The minimum Gasteiger partial charge on any atom is -0.367 e. The SMILES string of the molecule is Cc1ccc(C(=O)NCC2CC2)cc1-c1cc(NC2CCNCC2)nc2c(-c3c(F)cccc3F)c(=O)[nH]cc12.